The Balaban J connectivity index is 1.61. The van der Waals surface area contributed by atoms with Crippen molar-refractivity contribution in [2.75, 3.05) is 31.2 Å². The summed E-state index contributed by atoms with van der Waals surface area (Å²) >= 11 is 6.25. The van der Waals surface area contributed by atoms with Crippen LogP contribution >= 0.6 is 11.6 Å². The van der Waals surface area contributed by atoms with E-state index in [1.807, 2.05) is 65.0 Å². The number of rotatable bonds is 10. The van der Waals surface area contributed by atoms with E-state index in [1.54, 1.807) is 12.4 Å². The van der Waals surface area contributed by atoms with E-state index in [2.05, 4.69) is 23.7 Å². The number of carbonyl (C=O) groups is 1. The van der Waals surface area contributed by atoms with E-state index >= 15 is 0 Å². The normalized spacial score (nSPS) is 15.8. The number of aromatic nitrogens is 2. The summed E-state index contributed by atoms with van der Waals surface area (Å²) in [4.78, 5) is 24.2. The molecular weight excluding hydrogens is 554 g/mol. The molecule has 0 saturated carbocycles. The maximum atomic E-state index is 12.6. The molecule has 1 atom stereocenters. The van der Waals surface area contributed by atoms with Crippen molar-refractivity contribution in [1.82, 2.24) is 9.97 Å². The van der Waals surface area contributed by atoms with Crippen molar-refractivity contribution in [2.24, 2.45) is 5.41 Å². The smallest absolute Gasteiger partial charge is 0.337 e. The van der Waals surface area contributed by atoms with Gasteiger partial charge in [0, 0.05) is 36.1 Å². The SMILES string of the molecule is Cc1ccc(OCCOc2ccc(-c3cnc(C)c([C@H](OC(C)(C)C)C(=O)O)c3N3CCC(C)(C)CC3)nc2)c(Cl)c1. The van der Waals surface area contributed by atoms with E-state index in [1.165, 1.54) is 0 Å². The average Bonchev–Trinajstić information content (AvgIpc) is 2.91. The zero-order valence-corrected chi connectivity index (χ0v) is 26.4. The maximum Gasteiger partial charge on any atom is 0.337 e. The highest BCUT2D eigenvalue weighted by Gasteiger charge is 2.36. The molecule has 3 aromatic rings. The number of carboxylic acids is 1. The van der Waals surface area contributed by atoms with Crippen LogP contribution in [0.2, 0.25) is 5.02 Å². The molecule has 0 radical (unpaired) electrons. The minimum atomic E-state index is -1.17. The Labute approximate surface area is 254 Å². The number of benzene rings is 1. The third-order valence-electron chi connectivity index (χ3n) is 7.39. The van der Waals surface area contributed by atoms with Gasteiger partial charge in [0.05, 0.1) is 28.2 Å². The van der Waals surface area contributed by atoms with Crippen molar-refractivity contribution in [1.29, 1.82) is 0 Å². The number of carboxylic acid groups (broad SMARTS) is 1. The van der Waals surface area contributed by atoms with Gasteiger partial charge in [0.15, 0.2) is 6.10 Å². The Kier molecular flexibility index (Phi) is 9.68. The summed E-state index contributed by atoms with van der Waals surface area (Å²) in [7, 11) is 0. The van der Waals surface area contributed by atoms with Gasteiger partial charge in [-0.3, -0.25) is 9.97 Å². The highest BCUT2D eigenvalue weighted by atomic mass is 35.5. The number of anilines is 1. The molecule has 2 aromatic heterocycles. The number of pyridine rings is 2. The highest BCUT2D eigenvalue weighted by Crippen LogP contribution is 2.43. The molecular formula is C33H42ClN3O5. The minimum Gasteiger partial charge on any atom is -0.488 e. The number of halogens is 1. The lowest BCUT2D eigenvalue weighted by molar-refractivity contribution is -0.160. The van der Waals surface area contributed by atoms with Gasteiger partial charge < -0.3 is 24.2 Å². The lowest BCUT2D eigenvalue weighted by Crippen LogP contribution is -2.39. The summed E-state index contributed by atoms with van der Waals surface area (Å²) in [5.74, 6) is 0.167. The van der Waals surface area contributed by atoms with Gasteiger partial charge >= 0.3 is 5.97 Å². The zero-order chi connectivity index (χ0) is 30.7. The second kappa shape index (κ2) is 12.9. The second-order valence-corrected chi connectivity index (χ2v) is 13.0. The molecule has 226 valence electrons. The van der Waals surface area contributed by atoms with E-state index in [-0.39, 0.29) is 5.41 Å². The van der Waals surface area contributed by atoms with Crippen LogP contribution in [0, 0.1) is 19.3 Å². The number of hydrogen-bond acceptors (Lipinski definition) is 7. The summed E-state index contributed by atoms with van der Waals surface area (Å²) in [6.45, 7) is 16.2. The van der Waals surface area contributed by atoms with Crippen molar-refractivity contribution in [3.05, 3.63) is 64.6 Å². The molecule has 0 spiro atoms. The third-order valence-corrected chi connectivity index (χ3v) is 7.68. The van der Waals surface area contributed by atoms with Crippen LogP contribution in [0.1, 0.15) is 70.4 Å². The van der Waals surface area contributed by atoms with Crippen molar-refractivity contribution < 1.29 is 24.1 Å². The highest BCUT2D eigenvalue weighted by molar-refractivity contribution is 6.32. The van der Waals surface area contributed by atoms with E-state index in [4.69, 9.17) is 30.8 Å². The number of aliphatic carboxylic acids is 1. The fourth-order valence-electron chi connectivity index (χ4n) is 5.03. The lowest BCUT2D eigenvalue weighted by atomic mass is 9.82. The molecule has 42 heavy (non-hydrogen) atoms. The second-order valence-electron chi connectivity index (χ2n) is 12.6. The summed E-state index contributed by atoms with van der Waals surface area (Å²) < 4.78 is 17.7. The van der Waals surface area contributed by atoms with E-state index in [9.17, 15) is 9.90 Å². The summed E-state index contributed by atoms with van der Waals surface area (Å²) in [6, 6.07) is 9.38. The van der Waals surface area contributed by atoms with Crippen molar-refractivity contribution in [3.8, 4) is 22.8 Å². The largest absolute Gasteiger partial charge is 0.488 e. The van der Waals surface area contributed by atoms with E-state index in [0.717, 1.165) is 42.7 Å². The molecule has 0 amide bonds. The molecule has 1 saturated heterocycles. The maximum absolute atomic E-state index is 12.6. The first-order chi connectivity index (χ1) is 19.7. The summed E-state index contributed by atoms with van der Waals surface area (Å²) in [5.41, 5.74) is 4.09. The Hall–Kier alpha value is -3.36. The first-order valence-electron chi connectivity index (χ1n) is 14.4. The molecule has 1 N–H and O–H groups in total. The van der Waals surface area contributed by atoms with Crippen LogP contribution < -0.4 is 14.4 Å². The van der Waals surface area contributed by atoms with Gasteiger partial charge in [-0.1, -0.05) is 31.5 Å². The fraction of sp³-hybridized carbons (Fsp3) is 0.485. The van der Waals surface area contributed by atoms with Crippen LogP contribution in [0.25, 0.3) is 11.3 Å². The van der Waals surface area contributed by atoms with Gasteiger partial charge in [0.2, 0.25) is 0 Å². The predicted molar refractivity (Wildman–Crippen MR) is 166 cm³/mol. The monoisotopic (exact) mass is 595 g/mol. The molecule has 0 aliphatic carbocycles. The Morgan fingerprint density at radius 2 is 1.74 bits per heavy atom. The Morgan fingerprint density at radius 1 is 1.05 bits per heavy atom. The number of hydrogen-bond donors (Lipinski definition) is 1. The summed E-state index contributed by atoms with van der Waals surface area (Å²) in [6.07, 6.45) is 4.25. The molecule has 0 bridgehead atoms. The fourth-order valence-corrected chi connectivity index (χ4v) is 5.32. The van der Waals surface area contributed by atoms with Crippen molar-refractivity contribution in [2.45, 2.75) is 73.0 Å². The molecule has 1 aromatic carbocycles. The average molecular weight is 596 g/mol. The van der Waals surface area contributed by atoms with E-state index < -0.39 is 17.7 Å². The zero-order valence-electron chi connectivity index (χ0n) is 25.7. The molecule has 3 heterocycles. The first-order valence-corrected chi connectivity index (χ1v) is 14.8. The molecule has 1 aliphatic heterocycles. The number of aryl methyl sites for hydroxylation is 2. The van der Waals surface area contributed by atoms with Crippen LogP contribution in [-0.2, 0) is 9.53 Å². The van der Waals surface area contributed by atoms with Crippen LogP contribution in [0.5, 0.6) is 11.5 Å². The molecule has 4 rings (SSSR count). The summed E-state index contributed by atoms with van der Waals surface area (Å²) in [5, 5.41) is 10.9. The van der Waals surface area contributed by atoms with E-state index in [0.29, 0.717) is 46.7 Å². The van der Waals surface area contributed by atoms with Crippen molar-refractivity contribution in [3.63, 3.8) is 0 Å². The molecule has 8 nitrogen and oxygen atoms in total. The van der Waals surface area contributed by atoms with Crippen LogP contribution in [0.3, 0.4) is 0 Å². The molecule has 1 aliphatic rings. The quantitative estimate of drug-likeness (QED) is 0.242. The standard InChI is InChI=1S/C33H42ClN3O5/c1-21-8-11-27(25(34)18-21)41-17-16-40-23-9-10-26(36-19-23)24-20-35-22(2)28(30(31(38)39)42-32(3,4)5)29(24)37-14-12-33(6,7)13-15-37/h8-11,18-20,30H,12-17H2,1-7H3,(H,38,39)/t30-/m0/s1. The van der Waals surface area contributed by atoms with Crippen LogP contribution in [-0.4, -0.2) is 52.9 Å². The predicted octanol–water partition coefficient (Wildman–Crippen LogP) is 7.44. The Morgan fingerprint density at radius 3 is 2.33 bits per heavy atom. The molecule has 0 unspecified atom stereocenters. The van der Waals surface area contributed by atoms with Gasteiger partial charge in [0.1, 0.15) is 24.7 Å². The number of nitrogens with zero attached hydrogens (tertiary/aromatic N) is 3. The molecule has 9 heteroatoms. The molecule has 1 fully saturated rings. The van der Waals surface area contributed by atoms with Crippen LogP contribution in [0.15, 0.2) is 42.7 Å². The van der Waals surface area contributed by atoms with Crippen molar-refractivity contribution >= 4 is 23.3 Å². The van der Waals surface area contributed by atoms with Gasteiger partial charge in [0.25, 0.3) is 0 Å². The lowest BCUT2D eigenvalue weighted by Gasteiger charge is -2.40. The Bertz CT molecular complexity index is 1390. The van der Waals surface area contributed by atoms with Gasteiger partial charge in [-0.15, -0.1) is 0 Å². The van der Waals surface area contributed by atoms with Gasteiger partial charge in [-0.05, 0) is 82.7 Å². The number of ether oxygens (including phenoxy) is 3. The van der Waals surface area contributed by atoms with Crippen LogP contribution in [0.4, 0.5) is 5.69 Å². The third kappa shape index (κ3) is 7.92. The minimum absolute atomic E-state index is 0.221. The van der Waals surface area contributed by atoms with Gasteiger partial charge in [-0.2, -0.15) is 0 Å². The van der Waals surface area contributed by atoms with Gasteiger partial charge in [-0.25, -0.2) is 4.79 Å². The number of piperidine rings is 1. The topological polar surface area (TPSA) is 94.0 Å². The first kappa shape index (κ1) is 31.6.